The maximum atomic E-state index is 13.0. The van der Waals surface area contributed by atoms with Gasteiger partial charge in [-0.2, -0.15) is 4.80 Å². The summed E-state index contributed by atoms with van der Waals surface area (Å²) in [5.41, 5.74) is 0.590. The third-order valence-electron chi connectivity index (χ3n) is 4.54. The molecule has 8 heteroatoms. The molecule has 0 aliphatic carbocycles. The topological polar surface area (TPSA) is 73.1 Å². The number of benzene rings is 1. The molecule has 0 bridgehead atoms. The minimum Gasteiger partial charge on any atom is -0.496 e. The van der Waals surface area contributed by atoms with Crippen LogP contribution in [-0.4, -0.2) is 50.7 Å². The highest BCUT2D eigenvalue weighted by atomic mass is 32.1. The van der Waals surface area contributed by atoms with Crippen molar-refractivity contribution in [3.05, 3.63) is 47.3 Å². The van der Waals surface area contributed by atoms with Gasteiger partial charge < -0.3 is 9.64 Å². The molecule has 0 unspecified atom stereocenters. The van der Waals surface area contributed by atoms with Crippen molar-refractivity contribution in [1.82, 2.24) is 25.1 Å². The van der Waals surface area contributed by atoms with Crippen LogP contribution in [0, 0.1) is 0 Å². The molecule has 0 saturated carbocycles. The van der Waals surface area contributed by atoms with Crippen LogP contribution in [0.25, 0.3) is 10.7 Å². The van der Waals surface area contributed by atoms with E-state index in [9.17, 15) is 4.79 Å². The average Bonchev–Trinajstić information content (AvgIpc) is 3.42. The Kier molecular flexibility index (Phi) is 4.66. The Morgan fingerprint density at radius 1 is 1.31 bits per heavy atom. The van der Waals surface area contributed by atoms with Gasteiger partial charge in [-0.05, 0) is 41.6 Å². The number of likely N-dealkylation sites (tertiary alicyclic amines) is 1. The minimum absolute atomic E-state index is 0.0106. The number of aromatic nitrogens is 4. The van der Waals surface area contributed by atoms with Crippen LogP contribution in [0.2, 0.25) is 0 Å². The first-order chi connectivity index (χ1) is 12.8. The van der Waals surface area contributed by atoms with Crippen LogP contribution in [0.1, 0.15) is 23.2 Å². The molecule has 1 saturated heterocycles. The SMILES string of the molecule is COc1ccccc1C(=O)N1CCC[C@@H]1Cn1nnc(-c2cccs2)n1. The Morgan fingerprint density at radius 3 is 3.00 bits per heavy atom. The van der Waals surface area contributed by atoms with Gasteiger partial charge in [0.1, 0.15) is 5.75 Å². The second kappa shape index (κ2) is 7.25. The molecule has 3 heterocycles. The number of methoxy groups -OCH3 is 1. The molecule has 2 aromatic heterocycles. The van der Waals surface area contributed by atoms with Gasteiger partial charge >= 0.3 is 0 Å². The van der Waals surface area contributed by atoms with Crippen molar-refractivity contribution in [1.29, 1.82) is 0 Å². The Morgan fingerprint density at radius 2 is 2.19 bits per heavy atom. The summed E-state index contributed by atoms with van der Waals surface area (Å²) in [6.45, 7) is 1.27. The third kappa shape index (κ3) is 3.20. The summed E-state index contributed by atoms with van der Waals surface area (Å²) < 4.78 is 5.34. The van der Waals surface area contributed by atoms with E-state index in [1.807, 2.05) is 40.6 Å². The van der Waals surface area contributed by atoms with E-state index in [1.165, 1.54) is 0 Å². The largest absolute Gasteiger partial charge is 0.496 e. The Labute approximate surface area is 155 Å². The molecule has 1 aliphatic heterocycles. The molecule has 1 atom stereocenters. The zero-order valence-electron chi connectivity index (χ0n) is 14.4. The molecule has 1 aliphatic rings. The highest BCUT2D eigenvalue weighted by Gasteiger charge is 2.31. The molecule has 1 aromatic carbocycles. The van der Waals surface area contributed by atoms with Gasteiger partial charge in [-0.15, -0.1) is 21.5 Å². The molecule has 0 radical (unpaired) electrons. The summed E-state index contributed by atoms with van der Waals surface area (Å²) >= 11 is 1.58. The van der Waals surface area contributed by atoms with E-state index in [4.69, 9.17) is 4.74 Å². The standard InChI is InChI=1S/C18H19N5O2S/c1-25-15-8-3-2-7-14(15)18(24)22-10-4-6-13(22)12-23-20-17(19-21-23)16-9-5-11-26-16/h2-3,5,7-9,11,13H,4,6,10,12H2,1H3/t13-/m1/s1. The number of hydrogen-bond donors (Lipinski definition) is 0. The van der Waals surface area contributed by atoms with Gasteiger partial charge in [0.15, 0.2) is 0 Å². The molecular weight excluding hydrogens is 350 g/mol. The van der Waals surface area contributed by atoms with E-state index in [0.717, 1.165) is 24.3 Å². The molecular formula is C18H19N5O2S. The Balaban J connectivity index is 1.51. The smallest absolute Gasteiger partial charge is 0.257 e. The number of nitrogens with zero attached hydrogens (tertiary/aromatic N) is 5. The summed E-state index contributed by atoms with van der Waals surface area (Å²) in [5.74, 6) is 1.21. The predicted octanol–water partition coefficient (Wildman–Crippen LogP) is 2.72. The number of para-hydroxylation sites is 1. The van der Waals surface area contributed by atoms with E-state index < -0.39 is 0 Å². The van der Waals surface area contributed by atoms with Crippen LogP contribution < -0.4 is 4.74 Å². The zero-order valence-corrected chi connectivity index (χ0v) is 15.2. The van der Waals surface area contributed by atoms with Gasteiger partial charge in [0.2, 0.25) is 5.82 Å². The lowest BCUT2D eigenvalue weighted by Gasteiger charge is -2.24. The number of amides is 1. The van der Waals surface area contributed by atoms with Crippen LogP contribution in [0.3, 0.4) is 0 Å². The van der Waals surface area contributed by atoms with Gasteiger partial charge in [0.25, 0.3) is 5.91 Å². The molecule has 1 amide bonds. The van der Waals surface area contributed by atoms with Crippen molar-refractivity contribution < 1.29 is 9.53 Å². The molecule has 4 rings (SSSR count). The molecule has 3 aromatic rings. The second-order valence-electron chi connectivity index (χ2n) is 6.14. The quantitative estimate of drug-likeness (QED) is 0.691. The number of hydrogen-bond acceptors (Lipinski definition) is 6. The highest BCUT2D eigenvalue weighted by Crippen LogP contribution is 2.26. The summed E-state index contributed by atoms with van der Waals surface area (Å²) in [6.07, 6.45) is 1.90. The fourth-order valence-corrected chi connectivity index (χ4v) is 3.93. The highest BCUT2D eigenvalue weighted by molar-refractivity contribution is 7.13. The number of ether oxygens (including phenoxy) is 1. The maximum Gasteiger partial charge on any atom is 0.257 e. The van der Waals surface area contributed by atoms with Crippen molar-refractivity contribution in [3.8, 4) is 16.5 Å². The first-order valence-electron chi connectivity index (χ1n) is 8.52. The van der Waals surface area contributed by atoms with Gasteiger partial charge in [-0.25, -0.2) is 0 Å². The number of carbonyl (C=O) groups excluding carboxylic acids is 1. The van der Waals surface area contributed by atoms with Crippen LogP contribution >= 0.6 is 11.3 Å². The fourth-order valence-electron chi connectivity index (χ4n) is 3.28. The summed E-state index contributed by atoms with van der Waals surface area (Å²) in [4.78, 5) is 17.5. The minimum atomic E-state index is -0.0106. The Bertz CT molecular complexity index is 893. The zero-order chi connectivity index (χ0) is 17.9. The molecule has 0 N–H and O–H groups in total. The number of tetrazole rings is 1. The van der Waals surface area contributed by atoms with Gasteiger partial charge in [-0.1, -0.05) is 18.2 Å². The summed E-state index contributed by atoms with van der Waals surface area (Å²) in [6, 6.07) is 11.3. The van der Waals surface area contributed by atoms with Crippen LogP contribution in [-0.2, 0) is 6.54 Å². The van der Waals surface area contributed by atoms with Gasteiger partial charge in [-0.3, -0.25) is 4.79 Å². The predicted molar refractivity (Wildman–Crippen MR) is 98.2 cm³/mol. The normalized spacial score (nSPS) is 16.8. The number of rotatable bonds is 5. The van der Waals surface area contributed by atoms with E-state index in [-0.39, 0.29) is 11.9 Å². The lowest BCUT2D eigenvalue weighted by molar-refractivity contribution is 0.0714. The van der Waals surface area contributed by atoms with Gasteiger partial charge in [0.05, 0.1) is 30.1 Å². The first kappa shape index (κ1) is 16.7. The summed E-state index contributed by atoms with van der Waals surface area (Å²) in [7, 11) is 1.58. The lowest BCUT2D eigenvalue weighted by atomic mass is 10.1. The monoisotopic (exact) mass is 369 g/mol. The maximum absolute atomic E-state index is 13.0. The fraction of sp³-hybridized carbons (Fsp3) is 0.333. The molecule has 134 valence electrons. The van der Waals surface area contributed by atoms with Crippen molar-refractivity contribution in [2.24, 2.45) is 0 Å². The van der Waals surface area contributed by atoms with E-state index in [1.54, 1.807) is 29.3 Å². The van der Waals surface area contributed by atoms with Crippen molar-refractivity contribution >= 4 is 17.2 Å². The molecule has 0 spiro atoms. The van der Waals surface area contributed by atoms with E-state index in [2.05, 4.69) is 15.4 Å². The Hall–Kier alpha value is -2.74. The van der Waals surface area contributed by atoms with Crippen molar-refractivity contribution in [2.75, 3.05) is 13.7 Å². The molecule has 26 heavy (non-hydrogen) atoms. The van der Waals surface area contributed by atoms with Crippen molar-refractivity contribution in [3.63, 3.8) is 0 Å². The van der Waals surface area contributed by atoms with Crippen LogP contribution in [0.15, 0.2) is 41.8 Å². The van der Waals surface area contributed by atoms with E-state index in [0.29, 0.717) is 23.7 Å². The molecule has 1 fully saturated rings. The number of thiophene rings is 1. The lowest BCUT2D eigenvalue weighted by Crippen LogP contribution is -2.38. The average molecular weight is 369 g/mol. The van der Waals surface area contributed by atoms with Crippen LogP contribution in [0.4, 0.5) is 0 Å². The summed E-state index contributed by atoms with van der Waals surface area (Å²) in [5, 5.41) is 14.7. The van der Waals surface area contributed by atoms with Crippen LogP contribution in [0.5, 0.6) is 5.75 Å². The molecule has 7 nitrogen and oxygen atoms in total. The van der Waals surface area contributed by atoms with Gasteiger partial charge in [0, 0.05) is 6.54 Å². The number of carbonyl (C=O) groups is 1. The van der Waals surface area contributed by atoms with Crippen molar-refractivity contribution in [2.45, 2.75) is 25.4 Å². The van der Waals surface area contributed by atoms with E-state index >= 15 is 0 Å². The first-order valence-corrected chi connectivity index (χ1v) is 9.40. The second-order valence-corrected chi connectivity index (χ2v) is 7.09. The third-order valence-corrected chi connectivity index (χ3v) is 5.41.